The van der Waals surface area contributed by atoms with Crippen molar-refractivity contribution in [3.05, 3.63) is 51.5 Å². The van der Waals surface area contributed by atoms with Gasteiger partial charge in [-0.3, -0.25) is 9.69 Å². The van der Waals surface area contributed by atoms with Gasteiger partial charge in [-0.25, -0.2) is 0 Å². The summed E-state index contributed by atoms with van der Waals surface area (Å²) in [6.45, 7) is 8.70. The summed E-state index contributed by atoms with van der Waals surface area (Å²) in [5.74, 6) is 1.14. The van der Waals surface area contributed by atoms with E-state index >= 15 is 0 Å². The first-order chi connectivity index (χ1) is 14.8. The zero-order valence-corrected chi connectivity index (χ0v) is 20.9. The SMILES string of the molecule is COc1ccc(N2Cc3cc(Cl)cc(Cl)c3C2=O)cc1OCCN1CCC(C)(C)CC1.Cl. The molecule has 8 heteroatoms. The van der Waals surface area contributed by atoms with Crippen LogP contribution in [0.5, 0.6) is 11.5 Å². The number of hydrogen-bond acceptors (Lipinski definition) is 4. The van der Waals surface area contributed by atoms with Crippen LogP contribution in [0.1, 0.15) is 42.6 Å². The van der Waals surface area contributed by atoms with Gasteiger partial charge in [-0.2, -0.15) is 0 Å². The van der Waals surface area contributed by atoms with Crippen molar-refractivity contribution in [2.75, 3.05) is 38.3 Å². The first-order valence-corrected chi connectivity index (χ1v) is 11.4. The highest BCUT2D eigenvalue weighted by atomic mass is 35.5. The van der Waals surface area contributed by atoms with Gasteiger partial charge in [-0.15, -0.1) is 12.4 Å². The van der Waals surface area contributed by atoms with E-state index in [-0.39, 0.29) is 18.3 Å². The van der Waals surface area contributed by atoms with Gasteiger partial charge in [0.05, 0.1) is 24.2 Å². The topological polar surface area (TPSA) is 42.0 Å². The highest BCUT2D eigenvalue weighted by Gasteiger charge is 2.32. The molecule has 2 aliphatic heterocycles. The largest absolute Gasteiger partial charge is 0.493 e. The molecule has 2 aliphatic rings. The van der Waals surface area contributed by atoms with Gasteiger partial charge < -0.3 is 14.4 Å². The molecule has 0 N–H and O–H groups in total. The Morgan fingerprint density at radius 2 is 1.78 bits per heavy atom. The van der Waals surface area contributed by atoms with Gasteiger partial charge >= 0.3 is 0 Å². The average molecular weight is 500 g/mol. The van der Waals surface area contributed by atoms with Gasteiger partial charge in [0.15, 0.2) is 11.5 Å². The quantitative estimate of drug-likeness (QED) is 0.483. The molecule has 2 aromatic carbocycles. The average Bonchev–Trinajstić information content (AvgIpc) is 3.05. The number of carbonyl (C=O) groups excluding carboxylic acids is 1. The van der Waals surface area contributed by atoms with E-state index in [1.165, 1.54) is 12.8 Å². The molecule has 0 unspecified atom stereocenters. The third kappa shape index (κ3) is 5.28. The molecule has 4 rings (SSSR count). The summed E-state index contributed by atoms with van der Waals surface area (Å²) < 4.78 is 11.6. The van der Waals surface area contributed by atoms with Crippen LogP contribution in [0.15, 0.2) is 30.3 Å². The highest BCUT2D eigenvalue weighted by Crippen LogP contribution is 2.38. The Kier molecular flexibility index (Phi) is 7.87. The summed E-state index contributed by atoms with van der Waals surface area (Å²) >= 11 is 12.4. The van der Waals surface area contributed by atoms with Crippen molar-refractivity contribution in [3.63, 3.8) is 0 Å². The molecular weight excluding hydrogens is 471 g/mol. The lowest BCUT2D eigenvalue weighted by Gasteiger charge is -2.36. The number of ether oxygens (including phenoxy) is 2. The van der Waals surface area contributed by atoms with E-state index in [0.717, 1.165) is 30.9 Å². The van der Waals surface area contributed by atoms with E-state index in [4.69, 9.17) is 32.7 Å². The molecule has 0 spiro atoms. The minimum absolute atomic E-state index is 0. The molecule has 174 valence electrons. The second-order valence-corrected chi connectivity index (χ2v) is 9.85. The van der Waals surface area contributed by atoms with Crippen LogP contribution < -0.4 is 14.4 Å². The summed E-state index contributed by atoms with van der Waals surface area (Å²) in [5, 5.41) is 0.906. The number of carbonyl (C=O) groups is 1. The summed E-state index contributed by atoms with van der Waals surface area (Å²) in [6.07, 6.45) is 2.41. The van der Waals surface area contributed by atoms with Crippen molar-refractivity contribution in [3.8, 4) is 11.5 Å². The molecule has 32 heavy (non-hydrogen) atoms. The Morgan fingerprint density at radius 3 is 2.47 bits per heavy atom. The number of nitrogens with zero attached hydrogens (tertiary/aromatic N) is 2. The second kappa shape index (κ2) is 10.1. The third-order valence-corrected chi connectivity index (χ3v) is 6.77. The highest BCUT2D eigenvalue weighted by molar-refractivity contribution is 6.38. The van der Waals surface area contributed by atoms with Crippen LogP contribution >= 0.6 is 35.6 Å². The molecule has 1 amide bonds. The molecule has 1 saturated heterocycles. The number of piperidine rings is 1. The molecule has 2 aromatic rings. The fourth-order valence-corrected chi connectivity index (χ4v) is 4.81. The first kappa shape index (κ1) is 25.0. The van der Waals surface area contributed by atoms with Gasteiger partial charge in [0, 0.05) is 23.3 Å². The zero-order chi connectivity index (χ0) is 22.2. The number of anilines is 1. The summed E-state index contributed by atoms with van der Waals surface area (Å²) in [4.78, 5) is 17.1. The Balaban J connectivity index is 0.00000289. The van der Waals surface area contributed by atoms with Crippen molar-refractivity contribution in [1.29, 1.82) is 0 Å². The third-order valence-electron chi connectivity index (χ3n) is 6.26. The lowest BCUT2D eigenvalue weighted by atomic mass is 9.83. The van der Waals surface area contributed by atoms with Crippen LogP contribution in [0, 0.1) is 5.41 Å². The van der Waals surface area contributed by atoms with Crippen LogP contribution in [-0.2, 0) is 6.54 Å². The van der Waals surface area contributed by atoms with E-state index in [0.29, 0.717) is 45.7 Å². The summed E-state index contributed by atoms with van der Waals surface area (Å²) in [7, 11) is 1.62. The fourth-order valence-electron chi connectivity index (χ4n) is 4.19. The maximum atomic E-state index is 13.0. The lowest BCUT2D eigenvalue weighted by molar-refractivity contribution is 0.0996. The van der Waals surface area contributed by atoms with E-state index in [1.807, 2.05) is 18.2 Å². The molecule has 0 aromatic heterocycles. The predicted molar refractivity (Wildman–Crippen MR) is 132 cm³/mol. The van der Waals surface area contributed by atoms with Gasteiger partial charge in [-0.1, -0.05) is 37.0 Å². The van der Waals surface area contributed by atoms with Crippen molar-refractivity contribution >= 4 is 47.2 Å². The minimum Gasteiger partial charge on any atom is -0.493 e. The van der Waals surface area contributed by atoms with Gasteiger partial charge in [0.1, 0.15) is 6.61 Å². The fraction of sp³-hybridized carbons (Fsp3) is 0.458. The zero-order valence-electron chi connectivity index (χ0n) is 18.6. The van der Waals surface area contributed by atoms with Crippen LogP contribution in [0.3, 0.4) is 0 Å². The first-order valence-electron chi connectivity index (χ1n) is 10.6. The van der Waals surface area contributed by atoms with Crippen LogP contribution in [0.4, 0.5) is 5.69 Å². The van der Waals surface area contributed by atoms with E-state index < -0.39 is 0 Å². The van der Waals surface area contributed by atoms with Crippen molar-refractivity contribution in [2.24, 2.45) is 5.41 Å². The molecule has 0 bridgehead atoms. The molecule has 5 nitrogen and oxygen atoms in total. The van der Waals surface area contributed by atoms with Crippen molar-refractivity contribution < 1.29 is 14.3 Å². The Bertz CT molecular complexity index is 987. The summed E-state index contributed by atoms with van der Waals surface area (Å²) in [5.41, 5.74) is 2.51. The Hall–Kier alpha value is -1.66. The maximum absolute atomic E-state index is 13.0. The molecule has 0 aliphatic carbocycles. The van der Waals surface area contributed by atoms with Gasteiger partial charge in [-0.05, 0) is 61.2 Å². The van der Waals surface area contributed by atoms with Gasteiger partial charge in [0.2, 0.25) is 0 Å². The molecular formula is C24H29Cl3N2O3. The standard InChI is InChI=1S/C24H28Cl2N2O3.ClH/c1-24(2)6-8-27(9-7-24)10-11-31-21-14-18(4-5-20(21)30-3)28-15-16-12-17(25)13-19(26)22(16)23(28)29;/h4-5,12-14H,6-11,15H2,1-3H3;1H. The molecule has 0 saturated carbocycles. The predicted octanol–water partition coefficient (Wildman–Crippen LogP) is 6.09. The minimum atomic E-state index is -0.135. The van der Waals surface area contributed by atoms with Crippen molar-refractivity contribution in [2.45, 2.75) is 33.2 Å². The van der Waals surface area contributed by atoms with Gasteiger partial charge in [0.25, 0.3) is 5.91 Å². The number of likely N-dealkylation sites (tertiary alicyclic amines) is 1. The number of rotatable bonds is 6. The van der Waals surface area contributed by atoms with Crippen LogP contribution in [0.2, 0.25) is 10.0 Å². The molecule has 0 radical (unpaired) electrons. The van der Waals surface area contributed by atoms with E-state index in [9.17, 15) is 4.79 Å². The molecule has 0 atom stereocenters. The van der Waals surface area contributed by atoms with Crippen molar-refractivity contribution in [1.82, 2.24) is 4.90 Å². The number of hydrogen-bond donors (Lipinski definition) is 0. The Morgan fingerprint density at radius 1 is 1.06 bits per heavy atom. The van der Waals surface area contributed by atoms with E-state index in [1.54, 1.807) is 24.1 Å². The number of benzene rings is 2. The number of amides is 1. The smallest absolute Gasteiger partial charge is 0.260 e. The molecule has 2 heterocycles. The number of halogens is 3. The summed E-state index contributed by atoms with van der Waals surface area (Å²) in [6, 6.07) is 8.95. The monoisotopic (exact) mass is 498 g/mol. The van der Waals surface area contributed by atoms with Crippen LogP contribution in [0.25, 0.3) is 0 Å². The lowest BCUT2D eigenvalue weighted by Crippen LogP contribution is -2.39. The Labute approximate surface area is 206 Å². The number of methoxy groups -OCH3 is 1. The number of fused-ring (bicyclic) bond motifs is 1. The van der Waals surface area contributed by atoms with E-state index in [2.05, 4.69) is 18.7 Å². The maximum Gasteiger partial charge on any atom is 0.260 e. The van der Waals surface area contributed by atoms with Crippen LogP contribution in [-0.4, -0.2) is 44.2 Å². The molecule has 1 fully saturated rings. The normalized spacial score (nSPS) is 17.7. The second-order valence-electron chi connectivity index (χ2n) is 9.00.